The van der Waals surface area contributed by atoms with E-state index in [9.17, 15) is 9.18 Å². The number of carboxylic acid groups (broad SMARTS) is 1. The van der Waals surface area contributed by atoms with Crippen LogP contribution in [0.2, 0.25) is 0 Å². The van der Waals surface area contributed by atoms with Gasteiger partial charge in [0.15, 0.2) is 0 Å². The Labute approximate surface area is 68.4 Å². The van der Waals surface area contributed by atoms with E-state index in [4.69, 9.17) is 5.11 Å². The molecule has 1 heterocycles. The second-order valence-corrected chi connectivity index (χ2v) is 2.46. The van der Waals surface area contributed by atoms with Gasteiger partial charge in [-0.2, -0.15) is 0 Å². The average Bonchev–Trinajstić information content (AvgIpc) is 2.29. The normalized spacial score (nSPS) is 10.2. The molecule has 0 aromatic carbocycles. The van der Waals surface area contributed by atoms with Gasteiger partial charge < -0.3 is 10.1 Å². The third-order valence-corrected chi connectivity index (χ3v) is 1.48. The molecule has 0 saturated heterocycles. The summed E-state index contributed by atoms with van der Waals surface area (Å²) in [5.41, 5.74) is 0.875. The number of alkyl halides is 1. The van der Waals surface area contributed by atoms with E-state index in [2.05, 4.69) is 9.97 Å². The largest absolute Gasteiger partial charge is 0.481 e. The summed E-state index contributed by atoms with van der Waals surface area (Å²) in [7, 11) is 0. The molecule has 0 aliphatic heterocycles. The van der Waals surface area contributed by atoms with Gasteiger partial charge in [-0.05, 0) is 6.92 Å². The molecule has 0 bridgehead atoms. The van der Waals surface area contributed by atoms with E-state index < -0.39 is 12.6 Å². The minimum absolute atomic E-state index is 0.194. The van der Waals surface area contributed by atoms with Crippen LogP contribution in [0.4, 0.5) is 4.39 Å². The monoisotopic (exact) mass is 172 g/mol. The first-order valence-corrected chi connectivity index (χ1v) is 3.45. The predicted molar refractivity (Wildman–Crippen MR) is 39.5 cm³/mol. The van der Waals surface area contributed by atoms with Crippen LogP contribution in [0.25, 0.3) is 0 Å². The third-order valence-electron chi connectivity index (χ3n) is 1.48. The Hall–Kier alpha value is -1.39. The lowest BCUT2D eigenvalue weighted by Crippen LogP contribution is -2.01. The van der Waals surface area contributed by atoms with Crippen LogP contribution in [-0.4, -0.2) is 21.0 Å². The highest BCUT2D eigenvalue weighted by atomic mass is 19.1. The van der Waals surface area contributed by atoms with E-state index in [0.717, 1.165) is 0 Å². The maximum atomic E-state index is 12.1. The van der Waals surface area contributed by atoms with Gasteiger partial charge in [-0.1, -0.05) is 0 Å². The van der Waals surface area contributed by atoms with Gasteiger partial charge >= 0.3 is 5.97 Å². The number of H-pyrrole nitrogens is 1. The fraction of sp³-hybridized carbons (Fsp3) is 0.429. The van der Waals surface area contributed by atoms with E-state index in [-0.39, 0.29) is 12.1 Å². The van der Waals surface area contributed by atoms with Gasteiger partial charge in [0.05, 0.1) is 5.69 Å². The Balaban J connectivity index is 2.82. The SMILES string of the molecule is Cc1[nH]c(CC(=O)O)nc1CF. The van der Waals surface area contributed by atoms with E-state index in [1.165, 1.54) is 0 Å². The molecule has 1 aromatic rings. The van der Waals surface area contributed by atoms with Crippen LogP contribution < -0.4 is 0 Å². The predicted octanol–water partition coefficient (Wildman–Crippen LogP) is 0.815. The summed E-state index contributed by atoms with van der Waals surface area (Å²) in [6.45, 7) is 0.995. The Kier molecular flexibility index (Phi) is 2.42. The van der Waals surface area contributed by atoms with Crippen molar-refractivity contribution in [1.29, 1.82) is 0 Å². The molecule has 1 aromatic heterocycles. The number of nitrogens with one attached hydrogen (secondary N) is 1. The summed E-state index contributed by atoms with van der Waals surface area (Å²) in [6, 6.07) is 0. The van der Waals surface area contributed by atoms with Crippen molar-refractivity contribution in [2.75, 3.05) is 0 Å². The molecule has 0 unspecified atom stereocenters. The van der Waals surface area contributed by atoms with Gasteiger partial charge in [0.1, 0.15) is 18.9 Å². The Morgan fingerprint density at radius 3 is 2.83 bits per heavy atom. The van der Waals surface area contributed by atoms with Crippen molar-refractivity contribution in [3.05, 3.63) is 17.2 Å². The van der Waals surface area contributed by atoms with Gasteiger partial charge in [0.2, 0.25) is 0 Å². The molecule has 0 radical (unpaired) electrons. The first kappa shape index (κ1) is 8.70. The zero-order valence-electron chi connectivity index (χ0n) is 6.59. The molecule has 1 rings (SSSR count). The van der Waals surface area contributed by atoms with Gasteiger partial charge in [-0.15, -0.1) is 0 Å². The Morgan fingerprint density at radius 1 is 1.75 bits per heavy atom. The smallest absolute Gasteiger partial charge is 0.311 e. The zero-order chi connectivity index (χ0) is 9.14. The van der Waals surface area contributed by atoms with Crippen LogP contribution >= 0.6 is 0 Å². The van der Waals surface area contributed by atoms with Crippen LogP contribution in [0, 0.1) is 6.92 Å². The summed E-state index contributed by atoms with van der Waals surface area (Å²) < 4.78 is 12.1. The van der Waals surface area contributed by atoms with Crippen molar-refractivity contribution in [2.45, 2.75) is 20.0 Å². The summed E-state index contributed by atoms with van der Waals surface area (Å²) in [5.74, 6) is -0.679. The molecule has 0 saturated carbocycles. The van der Waals surface area contributed by atoms with E-state index in [1.807, 2.05) is 0 Å². The number of hydrogen-bond donors (Lipinski definition) is 2. The minimum Gasteiger partial charge on any atom is -0.481 e. The highest BCUT2D eigenvalue weighted by Crippen LogP contribution is 2.06. The van der Waals surface area contributed by atoms with Crippen molar-refractivity contribution in [3.8, 4) is 0 Å². The molecule has 4 nitrogen and oxygen atoms in total. The second kappa shape index (κ2) is 3.34. The highest BCUT2D eigenvalue weighted by Gasteiger charge is 2.08. The van der Waals surface area contributed by atoms with Crippen molar-refractivity contribution < 1.29 is 14.3 Å². The molecule has 12 heavy (non-hydrogen) atoms. The van der Waals surface area contributed by atoms with Gasteiger partial charge in [-0.3, -0.25) is 4.79 Å². The molecular weight excluding hydrogens is 163 g/mol. The lowest BCUT2D eigenvalue weighted by molar-refractivity contribution is -0.136. The summed E-state index contributed by atoms with van der Waals surface area (Å²) >= 11 is 0. The van der Waals surface area contributed by atoms with E-state index in [0.29, 0.717) is 11.5 Å². The Morgan fingerprint density at radius 2 is 2.42 bits per heavy atom. The van der Waals surface area contributed by atoms with Gasteiger partial charge in [0.25, 0.3) is 0 Å². The molecule has 0 amide bonds. The molecule has 0 fully saturated rings. The lowest BCUT2D eigenvalue weighted by atomic mass is 10.4. The zero-order valence-corrected chi connectivity index (χ0v) is 6.59. The number of imidazole rings is 1. The second-order valence-electron chi connectivity index (χ2n) is 2.46. The lowest BCUT2D eigenvalue weighted by Gasteiger charge is -1.86. The van der Waals surface area contributed by atoms with Crippen LogP contribution in [0.15, 0.2) is 0 Å². The number of carboxylic acids is 1. The number of aryl methyl sites for hydroxylation is 1. The van der Waals surface area contributed by atoms with Gasteiger partial charge in [0, 0.05) is 5.69 Å². The van der Waals surface area contributed by atoms with Crippen LogP contribution in [-0.2, 0) is 17.9 Å². The number of rotatable bonds is 3. The maximum absolute atomic E-state index is 12.1. The summed E-state index contributed by atoms with van der Waals surface area (Å²) in [4.78, 5) is 16.7. The number of hydrogen-bond acceptors (Lipinski definition) is 2. The number of aliphatic carboxylic acids is 1. The first-order valence-electron chi connectivity index (χ1n) is 3.45. The maximum Gasteiger partial charge on any atom is 0.311 e. The molecule has 66 valence electrons. The number of aromatic nitrogens is 2. The summed E-state index contributed by atoms with van der Waals surface area (Å²) in [6.07, 6.45) is -0.194. The van der Waals surface area contributed by atoms with Crippen molar-refractivity contribution in [2.24, 2.45) is 0 Å². The van der Waals surface area contributed by atoms with Crippen molar-refractivity contribution in [3.63, 3.8) is 0 Å². The molecule has 0 atom stereocenters. The van der Waals surface area contributed by atoms with Gasteiger partial charge in [-0.25, -0.2) is 9.37 Å². The first-order chi connectivity index (χ1) is 5.63. The van der Waals surface area contributed by atoms with Crippen LogP contribution in [0.1, 0.15) is 17.2 Å². The molecule has 0 aliphatic rings. The number of aromatic amines is 1. The fourth-order valence-corrected chi connectivity index (χ4v) is 0.920. The third kappa shape index (κ3) is 1.81. The highest BCUT2D eigenvalue weighted by molar-refractivity contribution is 5.69. The molecule has 0 spiro atoms. The summed E-state index contributed by atoms with van der Waals surface area (Å²) in [5, 5.41) is 8.39. The fourth-order valence-electron chi connectivity index (χ4n) is 0.920. The molecular formula is C7H9FN2O2. The molecule has 2 N–H and O–H groups in total. The van der Waals surface area contributed by atoms with E-state index >= 15 is 0 Å². The van der Waals surface area contributed by atoms with Crippen molar-refractivity contribution >= 4 is 5.97 Å². The van der Waals surface area contributed by atoms with Crippen molar-refractivity contribution in [1.82, 2.24) is 9.97 Å². The average molecular weight is 172 g/mol. The number of nitrogens with zero attached hydrogens (tertiary/aromatic N) is 1. The van der Waals surface area contributed by atoms with E-state index in [1.54, 1.807) is 6.92 Å². The molecule has 0 aliphatic carbocycles. The van der Waals surface area contributed by atoms with Crippen LogP contribution in [0.5, 0.6) is 0 Å². The molecule has 5 heteroatoms. The minimum atomic E-state index is -0.978. The standard InChI is InChI=1S/C7H9FN2O2/c1-4-5(3-8)10-6(9-4)2-7(11)12/h2-3H2,1H3,(H,9,10)(H,11,12). The number of halogens is 1. The Bertz CT molecular complexity index is 296. The number of carbonyl (C=O) groups is 1. The van der Waals surface area contributed by atoms with Crippen LogP contribution in [0.3, 0.4) is 0 Å². The topological polar surface area (TPSA) is 66.0 Å². The quantitative estimate of drug-likeness (QED) is 0.709.